The largest absolute Gasteiger partial charge is 0.545 e. The van der Waals surface area contributed by atoms with Gasteiger partial charge in [0.1, 0.15) is 13.1 Å². The first-order valence-electron chi connectivity index (χ1n) is 7.17. The summed E-state index contributed by atoms with van der Waals surface area (Å²) in [7, 11) is 0. The van der Waals surface area contributed by atoms with Crippen LogP contribution in [0, 0.1) is 0 Å². The summed E-state index contributed by atoms with van der Waals surface area (Å²) >= 11 is 0. The number of rotatable bonds is 6. The number of carbonyl (C=O) groups excluding carboxylic acids is 1. The van der Waals surface area contributed by atoms with Crippen LogP contribution in [0.3, 0.4) is 0 Å². The maximum atomic E-state index is 10.6. The summed E-state index contributed by atoms with van der Waals surface area (Å²) in [5.41, 5.74) is 4.89. The van der Waals surface area contributed by atoms with E-state index in [1.54, 1.807) is 17.0 Å². The molecule has 1 aromatic carbocycles. The number of aromatic carboxylic acids is 1. The predicted molar refractivity (Wildman–Crippen MR) is 78.5 cm³/mol. The fraction of sp³-hybridized carbons (Fsp3) is 0.467. The lowest BCUT2D eigenvalue weighted by molar-refractivity contribution is -0.907. The Labute approximate surface area is 124 Å². The molecule has 0 atom stereocenters. The number of benzene rings is 1. The van der Waals surface area contributed by atoms with Gasteiger partial charge in [0, 0.05) is 12.1 Å². The number of hydrogen-bond acceptors (Lipinski definition) is 5. The summed E-state index contributed by atoms with van der Waals surface area (Å²) in [4.78, 5) is 12.2. The van der Waals surface area contributed by atoms with E-state index in [9.17, 15) is 9.90 Å². The number of carboxylic acid groups (broad SMARTS) is 1. The van der Waals surface area contributed by atoms with E-state index in [4.69, 9.17) is 4.74 Å². The molecule has 1 fully saturated rings. The van der Waals surface area contributed by atoms with Crippen molar-refractivity contribution < 1.29 is 19.5 Å². The third-order valence-corrected chi connectivity index (χ3v) is 3.54. The van der Waals surface area contributed by atoms with Crippen molar-refractivity contribution in [1.82, 2.24) is 0 Å². The fourth-order valence-corrected chi connectivity index (χ4v) is 2.16. The maximum Gasteiger partial charge on any atom is 0.101 e. The first kappa shape index (κ1) is 15.5. The Hall–Kier alpha value is -1.92. The zero-order valence-electron chi connectivity index (χ0n) is 12.2. The highest BCUT2D eigenvalue weighted by Crippen LogP contribution is 2.08. The molecule has 6 heteroatoms. The van der Waals surface area contributed by atoms with Crippen LogP contribution in [-0.4, -0.2) is 44.5 Å². The monoisotopic (exact) mass is 291 g/mol. The molecular weight excluding hydrogens is 270 g/mol. The molecule has 1 saturated heterocycles. The number of nitrogens with one attached hydrogen (secondary N) is 2. The molecule has 0 aromatic heterocycles. The highest BCUT2D eigenvalue weighted by atomic mass is 16.5. The second kappa shape index (κ2) is 7.75. The Morgan fingerprint density at radius 2 is 2.00 bits per heavy atom. The smallest absolute Gasteiger partial charge is 0.101 e. The third kappa shape index (κ3) is 5.17. The molecule has 1 aliphatic heterocycles. The highest BCUT2D eigenvalue weighted by molar-refractivity contribution is 5.86. The van der Waals surface area contributed by atoms with E-state index in [1.165, 1.54) is 12.1 Å². The first-order valence-corrected chi connectivity index (χ1v) is 7.17. The Morgan fingerprint density at radius 1 is 1.33 bits per heavy atom. The van der Waals surface area contributed by atoms with E-state index in [0.717, 1.165) is 50.7 Å². The summed E-state index contributed by atoms with van der Waals surface area (Å²) in [5.74, 6) is -1.17. The van der Waals surface area contributed by atoms with Gasteiger partial charge in [-0.25, -0.2) is 0 Å². The minimum atomic E-state index is -1.17. The second-order valence-corrected chi connectivity index (χ2v) is 5.19. The van der Waals surface area contributed by atoms with Crippen molar-refractivity contribution in [2.24, 2.45) is 5.10 Å². The van der Waals surface area contributed by atoms with Crippen molar-refractivity contribution in [3.05, 3.63) is 29.8 Å². The molecule has 0 saturated carbocycles. The minimum Gasteiger partial charge on any atom is -0.545 e. The van der Waals surface area contributed by atoms with Crippen molar-refractivity contribution >= 4 is 17.4 Å². The van der Waals surface area contributed by atoms with E-state index in [2.05, 4.69) is 10.5 Å². The van der Waals surface area contributed by atoms with Gasteiger partial charge in [-0.3, -0.25) is 5.43 Å². The van der Waals surface area contributed by atoms with Gasteiger partial charge in [0.15, 0.2) is 0 Å². The number of morpholine rings is 1. The third-order valence-electron chi connectivity index (χ3n) is 3.54. The first-order chi connectivity index (χ1) is 10.1. The van der Waals surface area contributed by atoms with Gasteiger partial charge in [0.25, 0.3) is 0 Å². The molecule has 6 nitrogen and oxygen atoms in total. The summed E-state index contributed by atoms with van der Waals surface area (Å²) in [6, 6.07) is 6.35. The number of nitrogens with zero attached hydrogens (tertiary/aromatic N) is 1. The lowest BCUT2D eigenvalue weighted by atomic mass is 10.2. The molecule has 0 spiro atoms. The number of hydrazone groups is 1. The molecule has 1 aromatic rings. The Morgan fingerprint density at radius 3 is 2.62 bits per heavy atom. The van der Waals surface area contributed by atoms with Crippen LogP contribution in [0.2, 0.25) is 0 Å². The van der Waals surface area contributed by atoms with Crippen molar-refractivity contribution in [3.63, 3.8) is 0 Å². The molecule has 0 aliphatic carbocycles. The van der Waals surface area contributed by atoms with E-state index < -0.39 is 5.97 Å². The Balaban J connectivity index is 1.78. The fourth-order valence-electron chi connectivity index (χ4n) is 2.16. The molecule has 114 valence electrons. The van der Waals surface area contributed by atoms with Crippen molar-refractivity contribution in [1.29, 1.82) is 0 Å². The number of carboxylic acids is 1. The SMILES string of the molecule is C/C(CC[NH+]1CCOCC1)=N/Nc1ccc(C(=O)[O-])cc1. The molecule has 0 radical (unpaired) electrons. The van der Waals surface area contributed by atoms with Crippen LogP contribution in [0.4, 0.5) is 5.69 Å². The van der Waals surface area contributed by atoms with Crippen LogP contribution in [-0.2, 0) is 4.74 Å². The predicted octanol–water partition coefficient (Wildman–Crippen LogP) is -0.857. The van der Waals surface area contributed by atoms with E-state index in [-0.39, 0.29) is 5.56 Å². The lowest BCUT2D eigenvalue weighted by Crippen LogP contribution is -3.14. The molecule has 0 unspecified atom stereocenters. The van der Waals surface area contributed by atoms with E-state index >= 15 is 0 Å². The number of ether oxygens (including phenoxy) is 1. The second-order valence-electron chi connectivity index (χ2n) is 5.19. The summed E-state index contributed by atoms with van der Waals surface area (Å²) in [5, 5.41) is 15.0. The van der Waals surface area contributed by atoms with Crippen molar-refractivity contribution in [2.45, 2.75) is 13.3 Å². The average molecular weight is 291 g/mol. The molecule has 1 aliphatic rings. The average Bonchev–Trinajstić information content (AvgIpc) is 2.52. The van der Waals surface area contributed by atoms with Crippen LogP contribution in [0.5, 0.6) is 0 Å². The number of hydrogen-bond donors (Lipinski definition) is 2. The van der Waals surface area contributed by atoms with Gasteiger partial charge < -0.3 is 19.5 Å². The summed E-state index contributed by atoms with van der Waals surface area (Å²) in [6.45, 7) is 6.85. The molecule has 21 heavy (non-hydrogen) atoms. The van der Waals surface area contributed by atoms with E-state index in [0.29, 0.717) is 0 Å². The Kier molecular flexibility index (Phi) is 5.71. The standard InChI is InChI=1S/C15H21N3O3/c1-12(6-7-18-8-10-21-11-9-18)16-17-14-4-2-13(3-5-14)15(19)20/h2-5,17H,6-11H2,1H3,(H,19,20)/b16-12-. The number of quaternary nitrogens is 1. The number of carbonyl (C=O) groups is 1. The molecule has 0 amide bonds. The normalized spacial score (nSPS) is 16.7. The van der Waals surface area contributed by atoms with Gasteiger partial charge in [0.2, 0.25) is 0 Å². The molecule has 2 rings (SSSR count). The topological polar surface area (TPSA) is 78.2 Å². The summed E-state index contributed by atoms with van der Waals surface area (Å²) < 4.78 is 5.33. The van der Waals surface area contributed by atoms with Gasteiger partial charge >= 0.3 is 0 Å². The van der Waals surface area contributed by atoms with Gasteiger partial charge in [-0.05, 0) is 24.6 Å². The molecular formula is C15H21N3O3. The van der Waals surface area contributed by atoms with Crippen molar-refractivity contribution in [3.8, 4) is 0 Å². The number of anilines is 1. The van der Waals surface area contributed by atoms with Gasteiger partial charge in [-0.1, -0.05) is 12.1 Å². The highest BCUT2D eigenvalue weighted by Gasteiger charge is 2.13. The van der Waals surface area contributed by atoms with Crippen LogP contribution < -0.4 is 15.4 Å². The summed E-state index contributed by atoms with van der Waals surface area (Å²) in [6.07, 6.45) is 0.930. The van der Waals surface area contributed by atoms with Gasteiger partial charge in [-0.2, -0.15) is 5.10 Å². The minimum absolute atomic E-state index is 0.164. The molecule has 2 N–H and O–H groups in total. The lowest BCUT2D eigenvalue weighted by Gasteiger charge is -2.23. The van der Waals surface area contributed by atoms with E-state index in [1.807, 2.05) is 6.92 Å². The molecule has 1 heterocycles. The zero-order chi connectivity index (χ0) is 15.1. The van der Waals surface area contributed by atoms with Gasteiger partial charge in [0.05, 0.1) is 31.4 Å². The quantitative estimate of drug-likeness (QED) is 0.528. The van der Waals surface area contributed by atoms with Crippen LogP contribution in [0.1, 0.15) is 23.7 Å². The van der Waals surface area contributed by atoms with Crippen molar-refractivity contribution in [2.75, 3.05) is 38.3 Å². The Bertz CT molecular complexity index is 493. The van der Waals surface area contributed by atoms with Gasteiger partial charge in [-0.15, -0.1) is 0 Å². The maximum absolute atomic E-state index is 10.6. The van der Waals surface area contributed by atoms with Crippen LogP contribution >= 0.6 is 0 Å². The van der Waals surface area contributed by atoms with Crippen LogP contribution in [0.25, 0.3) is 0 Å². The molecule has 0 bridgehead atoms. The zero-order valence-corrected chi connectivity index (χ0v) is 12.2. The van der Waals surface area contributed by atoms with Crippen LogP contribution in [0.15, 0.2) is 29.4 Å².